The van der Waals surface area contributed by atoms with Gasteiger partial charge in [-0.1, -0.05) is 26.0 Å². The van der Waals surface area contributed by atoms with Gasteiger partial charge in [-0.2, -0.15) is 0 Å². The first-order valence-electron chi connectivity index (χ1n) is 7.07. The van der Waals surface area contributed by atoms with Gasteiger partial charge in [-0.25, -0.2) is 4.39 Å². The summed E-state index contributed by atoms with van der Waals surface area (Å²) in [5.74, 6) is -0.0275. The zero-order valence-corrected chi connectivity index (χ0v) is 15.3. The highest BCUT2D eigenvalue weighted by atomic mass is 127. The van der Waals surface area contributed by atoms with Crippen molar-refractivity contribution in [2.75, 3.05) is 19.6 Å². The molecule has 0 heterocycles. The van der Waals surface area contributed by atoms with Crippen LogP contribution < -0.4 is 16.4 Å². The molecule has 0 fully saturated rings. The summed E-state index contributed by atoms with van der Waals surface area (Å²) in [7, 11) is 0. The van der Waals surface area contributed by atoms with Crippen LogP contribution in [0.4, 0.5) is 4.39 Å². The maximum absolute atomic E-state index is 13.4. The molecule has 5 nitrogen and oxygen atoms in total. The summed E-state index contributed by atoms with van der Waals surface area (Å²) in [5.41, 5.74) is 5.72. The third-order valence-corrected chi connectivity index (χ3v) is 2.82. The summed E-state index contributed by atoms with van der Waals surface area (Å²) < 4.78 is 13.4. The van der Waals surface area contributed by atoms with Gasteiger partial charge in [0.25, 0.3) is 5.91 Å². The first-order valence-corrected chi connectivity index (χ1v) is 7.07. The summed E-state index contributed by atoms with van der Waals surface area (Å²) in [6.07, 6.45) is 0.979. The summed E-state index contributed by atoms with van der Waals surface area (Å²) in [5, 5.41) is 5.51. The molecule has 0 radical (unpaired) electrons. The summed E-state index contributed by atoms with van der Waals surface area (Å²) in [6, 6.07) is 5.87. The minimum Gasteiger partial charge on any atom is -0.370 e. The van der Waals surface area contributed by atoms with Crippen molar-refractivity contribution < 1.29 is 9.18 Å². The highest BCUT2D eigenvalue weighted by Crippen LogP contribution is 2.05. The maximum atomic E-state index is 13.4. The van der Waals surface area contributed by atoms with Crippen LogP contribution in [0.5, 0.6) is 0 Å². The average molecular weight is 422 g/mol. The van der Waals surface area contributed by atoms with Gasteiger partial charge in [-0.3, -0.25) is 9.79 Å². The fraction of sp³-hybridized carbons (Fsp3) is 0.467. The number of carbonyl (C=O) groups is 1. The maximum Gasteiger partial charge on any atom is 0.254 e. The molecule has 7 heteroatoms. The Bertz CT molecular complexity index is 494. The zero-order chi connectivity index (χ0) is 15.7. The van der Waals surface area contributed by atoms with E-state index in [1.54, 1.807) is 12.1 Å². The number of carbonyl (C=O) groups excluding carboxylic acids is 1. The highest BCUT2D eigenvalue weighted by molar-refractivity contribution is 14.0. The van der Waals surface area contributed by atoms with Crippen molar-refractivity contribution in [2.24, 2.45) is 16.6 Å². The van der Waals surface area contributed by atoms with E-state index in [0.717, 1.165) is 6.42 Å². The first-order chi connectivity index (χ1) is 10.0. The van der Waals surface area contributed by atoms with Gasteiger partial charge in [0.1, 0.15) is 5.82 Å². The Morgan fingerprint density at radius 1 is 1.27 bits per heavy atom. The predicted molar refractivity (Wildman–Crippen MR) is 98.1 cm³/mol. The van der Waals surface area contributed by atoms with E-state index >= 15 is 0 Å². The lowest BCUT2D eigenvalue weighted by atomic mass is 10.1. The number of hydrogen-bond donors (Lipinski definition) is 3. The molecule has 1 rings (SSSR count). The number of nitrogens with two attached hydrogens (primary N) is 1. The molecular formula is C15H24FIN4O. The van der Waals surface area contributed by atoms with Crippen molar-refractivity contribution >= 4 is 35.8 Å². The van der Waals surface area contributed by atoms with E-state index in [1.165, 1.54) is 12.1 Å². The van der Waals surface area contributed by atoms with Crippen LogP contribution >= 0.6 is 24.0 Å². The van der Waals surface area contributed by atoms with Gasteiger partial charge in [0.15, 0.2) is 5.96 Å². The molecule has 1 amide bonds. The molecule has 124 valence electrons. The van der Waals surface area contributed by atoms with Gasteiger partial charge in [-0.05, 0) is 24.5 Å². The van der Waals surface area contributed by atoms with E-state index < -0.39 is 11.7 Å². The monoisotopic (exact) mass is 422 g/mol. The summed E-state index contributed by atoms with van der Waals surface area (Å²) >= 11 is 0. The molecule has 0 unspecified atom stereocenters. The molecule has 0 saturated heterocycles. The molecule has 0 aromatic heterocycles. The van der Waals surface area contributed by atoms with Crippen molar-refractivity contribution in [2.45, 2.75) is 20.3 Å². The number of amides is 1. The van der Waals surface area contributed by atoms with Gasteiger partial charge in [0.05, 0.1) is 5.56 Å². The molecule has 0 saturated carbocycles. The fourth-order valence-corrected chi connectivity index (χ4v) is 1.61. The third kappa shape index (κ3) is 8.16. The standard InChI is InChI=1S/C15H23FN4O.HI/c1-11(2)7-8-19-15(17)20-10-9-18-14(21)12-5-3-4-6-13(12)16;/h3-6,11H,7-10H2,1-2H3,(H,18,21)(H3,17,19,20);1H. The van der Waals surface area contributed by atoms with Crippen molar-refractivity contribution in [1.82, 2.24) is 10.6 Å². The largest absolute Gasteiger partial charge is 0.370 e. The van der Waals surface area contributed by atoms with Crippen LogP contribution in [-0.2, 0) is 0 Å². The molecule has 0 aliphatic heterocycles. The number of rotatable bonds is 7. The predicted octanol–water partition coefficient (Wildman–Crippen LogP) is 2.12. The lowest BCUT2D eigenvalue weighted by molar-refractivity contribution is 0.0950. The van der Waals surface area contributed by atoms with E-state index in [0.29, 0.717) is 31.5 Å². The normalized spacial score (nSPS) is 11.0. The molecular weight excluding hydrogens is 398 g/mol. The molecule has 22 heavy (non-hydrogen) atoms. The second-order valence-corrected chi connectivity index (χ2v) is 5.11. The van der Waals surface area contributed by atoms with Crippen molar-refractivity contribution in [3.05, 3.63) is 35.6 Å². The SMILES string of the molecule is CC(C)CCN=C(N)NCCNC(=O)c1ccccc1F.I. The molecule has 0 atom stereocenters. The number of halogens is 2. The Morgan fingerprint density at radius 3 is 2.55 bits per heavy atom. The van der Waals surface area contributed by atoms with Crippen LogP contribution in [0.15, 0.2) is 29.3 Å². The zero-order valence-electron chi connectivity index (χ0n) is 12.9. The van der Waals surface area contributed by atoms with Crippen LogP contribution in [-0.4, -0.2) is 31.5 Å². The Labute approximate surface area is 148 Å². The second-order valence-electron chi connectivity index (χ2n) is 5.11. The van der Waals surface area contributed by atoms with Gasteiger partial charge >= 0.3 is 0 Å². The topological polar surface area (TPSA) is 79.5 Å². The summed E-state index contributed by atoms with van der Waals surface area (Å²) in [4.78, 5) is 15.9. The van der Waals surface area contributed by atoms with E-state index in [1.807, 2.05) is 0 Å². The Balaban J connectivity index is 0.00000441. The van der Waals surface area contributed by atoms with Crippen LogP contribution in [0, 0.1) is 11.7 Å². The van der Waals surface area contributed by atoms with Crippen molar-refractivity contribution in [1.29, 1.82) is 0 Å². The minimum atomic E-state index is -0.530. The van der Waals surface area contributed by atoms with Gasteiger partial charge in [0.2, 0.25) is 0 Å². The van der Waals surface area contributed by atoms with Crippen LogP contribution in [0.25, 0.3) is 0 Å². The Kier molecular flexibility index (Phi) is 10.5. The minimum absolute atomic E-state index is 0. The van der Waals surface area contributed by atoms with Crippen LogP contribution in [0.2, 0.25) is 0 Å². The second kappa shape index (κ2) is 11.2. The van der Waals surface area contributed by atoms with Crippen LogP contribution in [0.3, 0.4) is 0 Å². The molecule has 0 aliphatic rings. The third-order valence-electron chi connectivity index (χ3n) is 2.82. The number of aliphatic imine (C=N–C) groups is 1. The number of nitrogens with zero attached hydrogens (tertiary/aromatic N) is 1. The molecule has 0 bridgehead atoms. The lowest BCUT2D eigenvalue weighted by Crippen LogP contribution is -2.38. The number of hydrogen-bond acceptors (Lipinski definition) is 2. The highest BCUT2D eigenvalue weighted by Gasteiger charge is 2.09. The van der Waals surface area contributed by atoms with Gasteiger partial charge in [0, 0.05) is 19.6 Å². The van der Waals surface area contributed by atoms with E-state index in [4.69, 9.17) is 5.73 Å². The van der Waals surface area contributed by atoms with Gasteiger partial charge in [-0.15, -0.1) is 24.0 Å². The Morgan fingerprint density at radius 2 is 1.91 bits per heavy atom. The quantitative estimate of drug-likeness (QED) is 0.273. The number of guanidine groups is 1. The average Bonchev–Trinajstić information content (AvgIpc) is 2.43. The molecule has 1 aromatic carbocycles. The molecule has 0 spiro atoms. The lowest BCUT2D eigenvalue weighted by Gasteiger charge is -2.08. The van der Waals surface area contributed by atoms with Crippen LogP contribution in [0.1, 0.15) is 30.6 Å². The molecule has 4 N–H and O–H groups in total. The smallest absolute Gasteiger partial charge is 0.254 e. The molecule has 1 aromatic rings. The number of nitrogens with one attached hydrogen (secondary N) is 2. The number of benzene rings is 1. The summed E-state index contributed by atoms with van der Waals surface area (Å²) in [6.45, 7) is 5.71. The Hall–Kier alpha value is -1.38. The van der Waals surface area contributed by atoms with Crippen molar-refractivity contribution in [3.8, 4) is 0 Å². The van der Waals surface area contributed by atoms with E-state index in [-0.39, 0.29) is 29.5 Å². The van der Waals surface area contributed by atoms with E-state index in [2.05, 4.69) is 29.5 Å². The molecule has 0 aliphatic carbocycles. The van der Waals surface area contributed by atoms with Crippen molar-refractivity contribution in [3.63, 3.8) is 0 Å². The van der Waals surface area contributed by atoms with Gasteiger partial charge < -0.3 is 16.4 Å². The fourth-order valence-electron chi connectivity index (χ4n) is 1.61. The first kappa shape index (κ1) is 20.6. The van der Waals surface area contributed by atoms with E-state index in [9.17, 15) is 9.18 Å².